The molecule has 0 amide bonds. The second-order valence-corrected chi connectivity index (χ2v) is 9.73. The van der Waals surface area contributed by atoms with Crippen LogP contribution in [0.15, 0.2) is 54.6 Å². The van der Waals surface area contributed by atoms with Crippen molar-refractivity contribution in [3.05, 3.63) is 83.4 Å². The highest BCUT2D eigenvalue weighted by atomic mass is 15.0. The van der Waals surface area contributed by atoms with E-state index in [9.17, 15) is 0 Å². The Morgan fingerprint density at radius 3 is 1.93 bits per heavy atom. The highest BCUT2D eigenvalue weighted by Crippen LogP contribution is 2.37. The average Bonchev–Trinajstić information content (AvgIpc) is 2.60. The molecule has 0 aromatic heterocycles. The summed E-state index contributed by atoms with van der Waals surface area (Å²) < 4.78 is 2.26. The van der Waals surface area contributed by atoms with E-state index in [0.29, 0.717) is 0 Å². The summed E-state index contributed by atoms with van der Waals surface area (Å²) in [5.41, 5.74) is 6.81. The number of hydrogen-bond donors (Lipinski definition) is 0. The smallest absolute Gasteiger partial charge is 0.148 e. The zero-order valence-corrected chi connectivity index (χ0v) is 17.3. The van der Waals surface area contributed by atoms with Crippen molar-refractivity contribution in [2.45, 2.75) is 52.4 Å². The van der Waals surface area contributed by atoms with Gasteiger partial charge in [0.15, 0.2) is 0 Å². The molecule has 1 heterocycles. The van der Waals surface area contributed by atoms with Gasteiger partial charge in [-0.15, -0.1) is 6.07 Å². The quantitative estimate of drug-likeness (QED) is 0.337. The highest BCUT2D eigenvalue weighted by Gasteiger charge is 2.22. The van der Waals surface area contributed by atoms with Crippen LogP contribution < -0.4 is 0 Å². The second-order valence-electron chi connectivity index (χ2n) is 9.73. The lowest BCUT2D eigenvalue weighted by Crippen LogP contribution is -2.18. The fourth-order valence-corrected chi connectivity index (χ4v) is 3.74. The van der Waals surface area contributed by atoms with E-state index in [0.717, 1.165) is 0 Å². The van der Waals surface area contributed by atoms with Gasteiger partial charge < -0.3 is 0 Å². The van der Waals surface area contributed by atoms with Crippen molar-refractivity contribution < 1.29 is 4.58 Å². The Balaban J connectivity index is 2.01. The maximum Gasteiger partial charge on any atom is 0.148 e. The zero-order chi connectivity index (χ0) is 19.4. The molecule has 3 aromatic rings. The summed E-state index contributed by atoms with van der Waals surface area (Å²) >= 11 is 0. The minimum Gasteiger partial charge on any atom is -0.264 e. The van der Waals surface area contributed by atoms with Crippen LogP contribution in [0.2, 0.25) is 0 Å². The first kappa shape index (κ1) is 17.9. The van der Waals surface area contributed by atoms with E-state index in [2.05, 4.69) is 113 Å². The predicted octanol–water partition coefficient (Wildman–Crippen LogP) is 6.72. The molecule has 3 aromatic carbocycles. The predicted molar refractivity (Wildman–Crippen MR) is 116 cm³/mol. The summed E-state index contributed by atoms with van der Waals surface area (Å²) in [7, 11) is 0. The molecule has 0 atom stereocenters. The molecule has 1 nitrogen and oxygen atoms in total. The van der Waals surface area contributed by atoms with Gasteiger partial charge in [0.1, 0.15) is 18.4 Å². The number of rotatable bonds is 1. The zero-order valence-electron chi connectivity index (χ0n) is 17.3. The van der Waals surface area contributed by atoms with Crippen molar-refractivity contribution in [1.82, 2.24) is 0 Å². The van der Waals surface area contributed by atoms with Crippen LogP contribution in [0.3, 0.4) is 0 Å². The topological polar surface area (TPSA) is 3.01 Å². The highest BCUT2D eigenvalue weighted by molar-refractivity contribution is 6.03. The first-order valence-electron chi connectivity index (χ1n) is 9.79. The fourth-order valence-electron chi connectivity index (χ4n) is 3.74. The minimum absolute atomic E-state index is 0.120. The Labute approximate surface area is 163 Å². The molecule has 0 unspecified atom stereocenters. The molecular weight excluding hydrogens is 326 g/mol. The molecule has 0 radical (unpaired) electrons. The standard InChI is InChI=1S/C26H29N/c1-25(2,3)21-12-18-13-22(26(4,5)6)15-20-17-27(16-19(14-21)24(18)20)23-10-8-7-9-11-23/h7-17H,1-6H3. The van der Waals surface area contributed by atoms with Crippen molar-refractivity contribution in [3.8, 4) is 0 Å². The molecule has 138 valence electrons. The largest absolute Gasteiger partial charge is 0.264 e. The third-order valence-corrected chi connectivity index (χ3v) is 5.45. The summed E-state index contributed by atoms with van der Waals surface area (Å²) in [6.07, 6.45) is 2.27. The normalized spacial score (nSPS) is 14.1. The van der Waals surface area contributed by atoms with Crippen LogP contribution in [-0.4, -0.2) is 10.8 Å². The lowest BCUT2D eigenvalue weighted by Gasteiger charge is -2.28. The van der Waals surface area contributed by atoms with Crippen LogP contribution in [0, 0.1) is 6.54 Å². The number of hydrogen-bond acceptors (Lipinski definition) is 0. The summed E-state index contributed by atoms with van der Waals surface area (Å²) in [5.74, 6) is 0. The average molecular weight is 356 g/mol. The third-order valence-electron chi connectivity index (χ3n) is 5.45. The van der Waals surface area contributed by atoms with Gasteiger partial charge in [0.25, 0.3) is 0 Å². The van der Waals surface area contributed by atoms with Crippen LogP contribution in [-0.2, 0) is 10.8 Å². The maximum absolute atomic E-state index is 2.39. The minimum atomic E-state index is 0.120. The monoisotopic (exact) mass is 355 g/mol. The van der Waals surface area contributed by atoms with Crippen molar-refractivity contribution in [2.24, 2.45) is 0 Å². The third kappa shape index (κ3) is 3.27. The van der Waals surface area contributed by atoms with Crippen LogP contribution in [0.1, 0.15) is 63.8 Å². The van der Waals surface area contributed by atoms with Crippen molar-refractivity contribution in [2.75, 3.05) is 0 Å². The van der Waals surface area contributed by atoms with E-state index in [1.807, 2.05) is 0 Å². The second kappa shape index (κ2) is 5.99. The molecule has 0 fully saturated rings. The van der Waals surface area contributed by atoms with Gasteiger partial charge in [-0.1, -0.05) is 99.8 Å². The number of nitrogens with zero attached hydrogens (tertiary/aromatic N) is 1. The van der Waals surface area contributed by atoms with Gasteiger partial charge >= 0.3 is 0 Å². The van der Waals surface area contributed by atoms with Crippen LogP contribution in [0.5, 0.6) is 0 Å². The van der Waals surface area contributed by atoms with Crippen molar-refractivity contribution >= 4 is 22.7 Å². The lowest BCUT2D eigenvalue weighted by molar-refractivity contribution is -0.383. The summed E-state index contributed by atoms with van der Waals surface area (Å²) in [6.45, 7) is 16.0. The van der Waals surface area contributed by atoms with E-state index in [1.54, 1.807) is 0 Å². The molecule has 0 spiro atoms. The van der Waals surface area contributed by atoms with Gasteiger partial charge in [-0.3, -0.25) is 4.58 Å². The fraction of sp³-hybridized carbons (Fsp3) is 0.308. The van der Waals surface area contributed by atoms with E-state index in [1.165, 1.54) is 38.7 Å². The first-order chi connectivity index (χ1) is 12.6. The summed E-state index contributed by atoms with van der Waals surface area (Å²) in [4.78, 5) is 0. The Morgan fingerprint density at radius 2 is 1.33 bits per heavy atom. The van der Waals surface area contributed by atoms with Crippen molar-refractivity contribution in [1.29, 1.82) is 0 Å². The van der Waals surface area contributed by atoms with Crippen LogP contribution in [0.4, 0.5) is 5.69 Å². The number of para-hydroxylation sites is 1. The van der Waals surface area contributed by atoms with Crippen molar-refractivity contribution in [3.63, 3.8) is 0 Å². The van der Waals surface area contributed by atoms with E-state index in [-0.39, 0.29) is 10.8 Å². The Kier molecular flexibility index (Phi) is 3.96. The first-order valence-corrected chi connectivity index (χ1v) is 9.79. The molecule has 0 N–H and O–H groups in total. The van der Waals surface area contributed by atoms with Crippen LogP contribution in [0.25, 0.3) is 10.8 Å². The molecule has 0 saturated carbocycles. The number of benzene rings is 3. The summed E-state index contributed by atoms with van der Waals surface area (Å²) in [6, 6.07) is 20.1. The molecule has 4 rings (SSSR count). The summed E-state index contributed by atoms with van der Waals surface area (Å²) in [5, 5.41) is 2.71. The SMILES string of the molecule is CC(C)(C)c1cc2c3c(cc(C(C)(C)C)cc3c1)[CH-][N+](c1ccccc1)=C2. The molecule has 0 bridgehead atoms. The van der Waals surface area contributed by atoms with E-state index in [4.69, 9.17) is 0 Å². The maximum atomic E-state index is 2.39. The Morgan fingerprint density at radius 1 is 0.741 bits per heavy atom. The lowest BCUT2D eigenvalue weighted by atomic mass is 9.80. The molecule has 0 aliphatic carbocycles. The molecule has 0 saturated heterocycles. The molecule has 1 aliphatic heterocycles. The van der Waals surface area contributed by atoms with Gasteiger partial charge in [-0.05, 0) is 34.1 Å². The Hall–Kier alpha value is -2.54. The van der Waals surface area contributed by atoms with Gasteiger partial charge in [0, 0.05) is 0 Å². The van der Waals surface area contributed by atoms with Gasteiger partial charge in [0.2, 0.25) is 0 Å². The van der Waals surface area contributed by atoms with Gasteiger partial charge in [-0.2, -0.15) is 0 Å². The molecule has 1 aliphatic rings. The molecule has 27 heavy (non-hydrogen) atoms. The van der Waals surface area contributed by atoms with Gasteiger partial charge in [0.05, 0.1) is 0 Å². The molecule has 1 heteroatoms. The van der Waals surface area contributed by atoms with E-state index < -0.39 is 0 Å². The van der Waals surface area contributed by atoms with Gasteiger partial charge in [-0.25, -0.2) is 0 Å². The van der Waals surface area contributed by atoms with E-state index >= 15 is 0 Å². The van der Waals surface area contributed by atoms with Crippen LogP contribution >= 0.6 is 0 Å². The Bertz CT molecular complexity index is 1040. The molecular formula is C26H29N.